The molecule has 1 atom stereocenters. The summed E-state index contributed by atoms with van der Waals surface area (Å²) < 4.78 is 15.7. The van der Waals surface area contributed by atoms with Crippen LogP contribution in [0, 0.1) is 0 Å². The van der Waals surface area contributed by atoms with Gasteiger partial charge in [0.2, 0.25) is 0 Å². The van der Waals surface area contributed by atoms with Crippen LogP contribution in [0.5, 0.6) is 0 Å². The summed E-state index contributed by atoms with van der Waals surface area (Å²) in [7, 11) is 1.66. The van der Waals surface area contributed by atoms with Crippen molar-refractivity contribution in [3.8, 4) is 0 Å². The molecule has 1 aromatic heterocycles. The third-order valence-electron chi connectivity index (χ3n) is 3.29. The van der Waals surface area contributed by atoms with Crippen LogP contribution in [-0.2, 0) is 14.9 Å². The largest absolute Gasteiger partial charge is 0.457 e. The van der Waals surface area contributed by atoms with Gasteiger partial charge in [0.15, 0.2) is 5.82 Å². The first-order chi connectivity index (χ1) is 9.79. The number of likely N-dealkylation sites (N-methyl/N-ethyl adjacent to an activating group) is 1. The summed E-state index contributed by atoms with van der Waals surface area (Å²) in [6, 6.07) is 1.16. The first-order valence-electron chi connectivity index (χ1n) is 6.76. The van der Waals surface area contributed by atoms with Crippen LogP contribution < -0.4 is 5.32 Å². The predicted octanol–water partition coefficient (Wildman–Crippen LogP) is 2.67. The molecule has 1 aliphatic rings. The van der Waals surface area contributed by atoms with Gasteiger partial charge in [-0.2, -0.15) is 0 Å². The number of nitrogens with one attached hydrogen (secondary N) is 1. The van der Waals surface area contributed by atoms with Crippen molar-refractivity contribution in [2.75, 3.05) is 12.4 Å². The number of anilines is 1. The van der Waals surface area contributed by atoms with Crippen molar-refractivity contribution in [2.45, 2.75) is 45.4 Å². The van der Waals surface area contributed by atoms with E-state index in [0.717, 1.165) is 0 Å². The smallest absolute Gasteiger partial charge is 0.323 e. The Hall–Kier alpha value is -2.18. The van der Waals surface area contributed by atoms with Crippen molar-refractivity contribution >= 4 is 11.8 Å². The van der Waals surface area contributed by atoms with Crippen LogP contribution in [0.3, 0.4) is 0 Å². The van der Waals surface area contributed by atoms with Gasteiger partial charge in [-0.3, -0.25) is 5.32 Å². The number of carbonyl (C=O) groups is 1. The number of aromatic nitrogens is 1. The molecular formula is C14H21N3O4. The summed E-state index contributed by atoms with van der Waals surface area (Å²) in [5, 5.41) is 6.54. The Morgan fingerprint density at radius 1 is 1.38 bits per heavy atom. The van der Waals surface area contributed by atoms with Gasteiger partial charge < -0.3 is 18.9 Å². The summed E-state index contributed by atoms with van der Waals surface area (Å²) in [5.41, 5.74) is -0.160. The highest BCUT2D eigenvalue weighted by Gasteiger charge is 2.29. The van der Waals surface area contributed by atoms with Crippen LogP contribution in [0.1, 0.15) is 33.5 Å². The molecule has 0 fully saturated rings. The van der Waals surface area contributed by atoms with E-state index in [-0.39, 0.29) is 17.5 Å². The lowest BCUT2D eigenvalue weighted by Crippen LogP contribution is -2.45. The molecule has 0 aromatic carbocycles. The maximum absolute atomic E-state index is 12.2. The monoisotopic (exact) mass is 295 g/mol. The van der Waals surface area contributed by atoms with Crippen molar-refractivity contribution in [1.82, 2.24) is 10.1 Å². The molecule has 1 aromatic rings. The van der Waals surface area contributed by atoms with Gasteiger partial charge in [0, 0.05) is 18.5 Å². The minimum absolute atomic E-state index is 0.160. The Labute approximate surface area is 123 Å². The SMILES string of the molecule is CC(C1OC=CO1)N(C)C(=O)Nc1cc(C(C)(C)C)on1. The quantitative estimate of drug-likeness (QED) is 0.927. The highest BCUT2D eigenvalue weighted by molar-refractivity contribution is 5.88. The fourth-order valence-corrected chi connectivity index (χ4v) is 1.73. The van der Waals surface area contributed by atoms with Gasteiger partial charge >= 0.3 is 6.03 Å². The van der Waals surface area contributed by atoms with Crippen LogP contribution in [0.25, 0.3) is 0 Å². The number of carbonyl (C=O) groups excluding carboxylic acids is 1. The van der Waals surface area contributed by atoms with Crippen LogP contribution in [0.2, 0.25) is 0 Å². The third-order valence-corrected chi connectivity index (χ3v) is 3.29. The molecule has 21 heavy (non-hydrogen) atoms. The molecular weight excluding hydrogens is 274 g/mol. The first kappa shape index (κ1) is 15.2. The summed E-state index contributed by atoms with van der Waals surface area (Å²) in [4.78, 5) is 13.7. The fourth-order valence-electron chi connectivity index (χ4n) is 1.73. The summed E-state index contributed by atoms with van der Waals surface area (Å²) in [6.07, 6.45) is 2.42. The van der Waals surface area contributed by atoms with Crippen molar-refractivity contribution in [1.29, 1.82) is 0 Å². The molecule has 0 aliphatic carbocycles. The zero-order valence-electron chi connectivity index (χ0n) is 12.9. The molecule has 2 amide bonds. The second-order valence-electron chi connectivity index (χ2n) is 6.02. The zero-order valence-corrected chi connectivity index (χ0v) is 12.9. The number of rotatable bonds is 3. The summed E-state index contributed by atoms with van der Waals surface area (Å²) >= 11 is 0. The standard InChI is InChI=1S/C14H21N3O4/c1-9(12-19-6-7-20-12)17(5)13(18)15-11-8-10(21-16-11)14(2,3)4/h6-9,12H,1-5H3,(H,15,16,18). The molecule has 7 nitrogen and oxygen atoms in total. The normalized spacial score (nSPS) is 16.2. The Bertz CT molecular complexity index is 525. The van der Waals surface area contributed by atoms with E-state index in [1.165, 1.54) is 17.4 Å². The molecule has 116 valence electrons. The van der Waals surface area contributed by atoms with E-state index in [1.807, 2.05) is 27.7 Å². The number of nitrogens with zero attached hydrogens (tertiary/aromatic N) is 2. The number of amides is 2. The molecule has 2 heterocycles. The molecule has 0 saturated heterocycles. The highest BCUT2D eigenvalue weighted by Crippen LogP contribution is 2.24. The molecule has 0 saturated carbocycles. The van der Waals surface area contributed by atoms with Gasteiger partial charge in [-0.05, 0) is 6.92 Å². The van der Waals surface area contributed by atoms with E-state index in [9.17, 15) is 4.79 Å². The number of hydrogen-bond donors (Lipinski definition) is 1. The van der Waals surface area contributed by atoms with Gasteiger partial charge in [0.05, 0.1) is 0 Å². The molecule has 7 heteroatoms. The number of ether oxygens (including phenoxy) is 2. The van der Waals surface area contributed by atoms with Gasteiger partial charge in [-0.25, -0.2) is 4.79 Å². The number of urea groups is 1. The van der Waals surface area contributed by atoms with Gasteiger partial charge in [-0.15, -0.1) is 0 Å². The number of hydrogen-bond acceptors (Lipinski definition) is 5. The predicted molar refractivity (Wildman–Crippen MR) is 76.5 cm³/mol. The van der Waals surface area contributed by atoms with E-state index >= 15 is 0 Å². The molecule has 1 aliphatic heterocycles. The molecule has 0 bridgehead atoms. The van der Waals surface area contributed by atoms with E-state index in [1.54, 1.807) is 13.1 Å². The average molecular weight is 295 g/mol. The lowest BCUT2D eigenvalue weighted by Gasteiger charge is -2.27. The van der Waals surface area contributed by atoms with E-state index in [4.69, 9.17) is 14.0 Å². The molecule has 0 spiro atoms. The van der Waals surface area contributed by atoms with Crippen molar-refractivity contribution in [2.24, 2.45) is 0 Å². The van der Waals surface area contributed by atoms with Crippen LogP contribution in [-0.4, -0.2) is 35.5 Å². The fraction of sp³-hybridized carbons (Fsp3) is 0.571. The van der Waals surface area contributed by atoms with Crippen molar-refractivity contribution in [3.63, 3.8) is 0 Å². The topological polar surface area (TPSA) is 76.8 Å². The van der Waals surface area contributed by atoms with E-state index in [2.05, 4.69) is 10.5 Å². The van der Waals surface area contributed by atoms with E-state index in [0.29, 0.717) is 11.6 Å². The second-order valence-corrected chi connectivity index (χ2v) is 6.02. The van der Waals surface area contributed by atoms with Crippen LogP contribution >= 0.6 is 0 Å². The zero-order chi connectivity index (χ0) is 15.6. The average Bonchev–Trinajstić information content (AvgIpc) is 3.06. The maximum Gasteiger partial charge on any atom is 0.323 e. The summed E-state index contributed by atoms with van der Waals surface area (Å²) in [5.74, 6) is 1.09. The lowest BCUT2D eigenvalue weighted by molar-refractivity contribution is -0.0648. The van der Waals surface area contributed by atoms with Gasteiger partial charge in [0.1, 0.15) is 24.3 Å². The molecule has 1 N–H and O–H groups in total. The van der Waals surface area contributed by atoms with E-state index < -0.39 is 6.29 Å². The first-order valence-corrected chi connectivity index (χ1v) is 6.76. The van der Waals surface area contributed by atoms with Crippen molar-refractivity contribution in [3.05, 3.63) is 24.4 Å². The lowest BCUT2D eigenvalue weighted by atomic mass is 9.93. The Kier molecular flexibility index (Phi) is 4.11. The second kappa shape index (κ2) is 5.67. The molecule has 2 rings (SSSR count). The third kappa shape index (κ3) is 3.48. The minimum atomic E-state index is -0.497. The maximum atomic E-state index is 12.2. The summed E-state index contributed by atoms with van der Waals surface area (Å²) in [6.45, 7) is 7.86. The molecule has 1 unspecified atom stereocenters. The van der Waals surface area contributed by atoms with Gasteiger partial charge in [0.25, 0.3) is 6.29 Å². The Morgan fingerprint density at radius 2 is 2.00 bits per heavy atom. The Balaban J connectivity index is 1.95. The van der Waals surface area contributed by atoms with Crippen LogP contribution in [0.15, 0.2) is 23.1 Å². The van der Waals surface area contributed by atoms with Crippen LogP contribution in [0.4, 0.5) is 10.6 Å². The minimum Gasteiger partial charge on any atom is -0.457 e. The molecule has 0 radical (unpaired) electrons. The van der Waals surface area contributed by atoms with Crippen molar-refractivity contribution < 1.29 is 18.8 Å². The van der Waals surface area contributed by atoms with Gasteiger partial charge in [-0.1, -0.05) is 25.9 Å². The Morgan fingerprint density at radius 3 is 2.52 bits per heavy atom. The highest BCUT2D eigenvalue weighted by atomic mass is 16.7.